The van der Waals surface area contributed by atoms with Crippen LogP contribution in [-0.2, 0) is 16.0 Å². The van der Waals surface area contributed by atoms with E-state index in [2.05, 4.69) is 4.98 Å². The maximum absolute atomic E-state index is 13.4. The molecule has 3 aromatic carbocycles. The second kappa shape index (κ2) is 9.85. The fourth-order valence-corrected chi connectivity index (χ4v) is 4.93. The summed E-state index contributed by atoms with van der Waals surface area (Å²) in [6.45, 7) is 2.21. The van der Waals surface area contributed by atoms with Gasteiger partial charge < -0.3 is 24.5 Å². The van der Waals surface area contributed by atoms with Crippen molar-refractivity contribution < 1.29 is 24.2 Å². The van der Waals surface area contributed by atoms with E-state index in [4.69, 9.17) is 9.47 Å². The lowest BCUT2D eigenvalue weighted by Crippen LogP contribution is -2.31. The number of aliphatic hydroxyl groups excluding tert-OH is 1. The Hall–Kier alpha value is -4.52. The Morgan fingerprint density at radius 3 is 2.49 bits per heavy atom. The number of carbonyl (C=O) groups is 2. The fourth-order valence-electron chi connectivity index (χ4n) is 4.93. The van der Waals surface area contributed by atoms with Crippen molar-refractivity contribution >= 4 is 28.4 Å². The Morgan fingerprint density at radius 1 is 1.00 bits per heavy atom. The van der Waals surface area contributed by atoms with Crippen molar-refractivity contribution in [2.75, 3.05) is 20.8 Å². The molecular formula is C30H28N2O5. The molecule has 188 valence electrons. The molecule has 0 aliphatic carbocycles. The highest BCUT2D eigenvalue weighted by molar-refractivity contribution is 6.46. The number of methoxy groups -OCH3 is 2. The van der Waals surface area contributed by atoms with Crippen LogP contribution in [0.15, 0.2) is 78.5 Å². The van der Waals surface area contributed by atoms with Crippen LogP contribution in [0, 0.1) is 6.92 Å². The maximum atomic E-state index is 13.4. The monoisotopic (exact) mass is 496 g/mol. The molecule has 1 atom stereocenters. The number of amides is 1. The third-order valence-corrected chi connectivity index (χ3v) is 6.89. The first-order chi connectivity index (χ1) is 17.9. The molecular weight excluding hydrogens is 468 g/mol. The van der Waals surface area contributed by atoms with E-state index in [0.29, 0.717) is 29.0 Å². The SMILES string of the molecule is COc1ccc(OC)c([C@H]2C(=C(O)c3ccc(C)cc3)C(=O)C(=O)N2CCc2c[nH]c3ccccc23)c1. The number of para-hydroxylation sites is 1. The average molecular weight is 497 g/mol. The Bertz CT molecular complexity index is 1520. The van der Waals surface area contributed by atoms with Gasteiger partial charge in [0.25, 0.3) is 11.7 Å². The Balaban J connectivity index is 1.63. The zero-order chi connectivity index (χ0) is 26.1. The first-order valence-corrected chi connectivity index (χ1v) is 12.0. The number of fused-ring (bicyclic) bond motifs is 1. The molecule has 0 radical (unpaired) electrons. The molecule has 2 N–H and O–H groups in total. The number of likely N-dealkylation sites (tertiary alicyclic amines) is 1. The topological polar surface area (TPSA) is 91.9 Å². The number of nitrogens with zero attached hydrogens (tertiary/aromatic N) is 1. The molecule has 0 saturated carbocycles. The first kappa shape index (κ1) is 24.2. The van der Waals surface area contributed by atoms with Crippen molar-refractivity contribution in [3.8, 4) is 11.5 Å². The maximum Gasteiger partial charge on any atom is 0.295 e. The number of Topliss-reactive ketones (excluding diaryl/α,β-unsaturated/α-hetero) is 1. The zero-order valence-electron chi connectivity index (χ0n) is 20.9. The van der Waals surface area contributed by atoms with Crippen molar-refractivity contribution in [2.24, 2.45) is 0 Å². The van der Waals surface area contributed by atoms with Gasteiger partial charge in [0.1, 0.15) is 17.3 Å². The number of aliphatic hydroxyl groups is 1. The van der Waals surface area contributed by atoms with Crippen LogP contribution in [0.25, 0.3) is 16.7 Å². The molecule has 7 nitrogen and oxygen atoms in total. The minimum absolute atomic E-state index is 0.0272. The predicted molar refractivity (Wildman–Crippen MR) is 142 cm³/mol. The number of ether oxygens (including phenoxy) is 2. The van der Waals surface area contributed by atoms with E-state index in [1.54, 1.807) is 37.4 Å². The molecule has 1 aliphatic rings. The van der Waals surface area contributed by atoms with Crippen molar-refractivity contribution in [1.29, 1.82) is 0 Å². The zero-order valence-corrected chi connectivity index (χ0v) is 20.9. The van der Waals surface area contributed by atoms with Crippen LogP contribution < -0.4 is 9.47 Å². The molecule has 2 heterocycles. The average Bonchev–Trinajstić information content (AvgIpc) is 3.45. The van der Waals surface area contributed by atoms with Gasteiger partial charge in [-0.15, -0.1) is 0 Å². The van der Waals surface area contributed by atoms with Crippen LogP contribution in [0.4, 0.5) is 0 Å². The normalized spacial score (nSPS) is 16.9. The van der Waals surface area contributed by atoms with Gasteiger partial charge in [0.15, 0.2) is 0 Å². The molecule has 1 amide bonds. The van der Waals surface area contributed by atoms with E-state index in [1.807, 2.05) is 49.5 Å². The third kappa shape index (κ3) is 4.33. The Morgan fingerprint density at radius 2 is 1.76 bits per heavy atom. The van der Waals surface area contributed by atoms with Crippen LogP contribution in [0.1, 0.15) is 28.3 Å². The van der Waals surface area contributed by atoms with Crippen molar-refractivity contribution in [3.05, 3.63) is 101 Å². The number of aryl methyl sites for hydroxylation is 1. The van der Waals surface area contributed by atoms with Crippen molar-refractivity contribution in [3.63, 3.8) is 0 Å². The molecule has 0 spiro atoms. The van der Waals surface area contributed by atoms with Crippen LogP contribution in [-0.4, -0.2) is 47.4 Å². The van der Waals surface area contributed by atoms with Crippen LogP contribution in [0.2, 0.25) is 0 Å². The van der Waals surface area contributed by atoms with Gasteiger partial charge in [-0.1, -0.05) is 48.0 Å². The molecule has 7 heteroatoms. The number of aromatic amines is 1. The quantitative estimate of drug-likeness (QED) is 0.210. The van der Waals surface area contributed by atoms with Crippen LogP contribution in [0.3, 0.4) is 0 Å². The largest absolute Gasteiger partial charge is 0.507 e. The van der Waals surface area contributed by atoms with Crippen LogP contribution in [0.5, 0.6) is 11.5 Å². The molecule has 1 saturated heterocycles. The molecule has 37 heavy (non-hydrogen) atoms. The number of ketones is 1. The second-order valence-electron chi connectivity index (χ2n) is 9.08. The number of H-pyrrole nitrogens is 1. The van der Waals surface area contributed by atoms with Gasteiger partial charge in [-0.05, 0) is 43.2 Å². The highest BCUT2D eigenvalue weighted by Crippen LogP contribution is 2.44. The lowest BCUT2D eigenvalue weighted by molar-refractivity contribution is -0.139. The van der Waals surface area contributed by atoms with Gasteiger partial charge in [-0.3, -0.25) is 9.59 Å². The number of benzene rings is 3. The van der Waals surface area contributed by atoms with E-state index in [9.17, 15) is 14.7 Å². The summed E-state index contributed by atoms with van der Waals surface area (Å²) in [6, 6.07) is 19.5. The van der Waals surface area contributed by atoms with Gasteiger partial charge in [0.2, 0.25) is 0 Å². The summed E-state index contributed by atoms with van der Waals surface area (Å²) >= 11 is 0. The summed E-state index contributed by atoms with van der Waals surface area (Å²) in [4.78, 5) is 31.6. The molecule has 1 fully saturated rings. The molecule has 5 rings (SSSR count). The van der Waals surface area contributed by atoms with Crippen molar-refractivity contribution in [2.45, 2.75) is 19.4 Å². The standard InChI is InChI=1S/C30H28N2O5/c1-18-8-10-19(11-9-18)28(33)26-27(23-16-21(36-2)12-13-25(23)37-3)32(30(35)29(26)34)15-14-20-17-31-24-7-5-4-6-22(20)24/h4-13,16-17,27,31,33H,14-15H2,1-3H3/t27-/m0/s1. The van der Waals surface area contributed by atoms with Gasteiger partial charge >= 0.3 is 0 Å². The summed E-state index contributed by atoms with van der Waals surface area (Å²) in [5.41, 5.74) is 4.11. The molecule has 4 aromatic rings. The Kier molecular flexibility index (Phi) is 6.44. The summed E-state index contributed by atoms with van der Waals surface area (Å²) in [6.07, 6.45) is 2.44. The van der Waals surface area contributed by atoms with Gasteiger partial charge in [0.05, 0.1) is 25.8 Å². The van der Waals surface area contributed by atoms with Gasteiger partial charge in [0, 0.05) is 34.8 Å². The summed E-state index contributed by atoms with van der Waals surface area (Å²) in [7, 11) is 3.08. The van der Waals surface area contributed by atoms with Gasteiger partial charge in [-0.2, -0.15) is 0 Å². The van der Waals surface area contributed by atoms with Crippen molar-refractivity contribution in [1.82, 2.24) is 9.88 Å². The molecule has 0 bridgehead atoms. The summed E-state index contributed by atoms with van der Waals surface area (Å²) in [5, 5.41) is 12.4. The number of carbonyl (C=O) groups excluding carboxylic acids is 2. The number of aromatic nitrogens is 1. The first-order valence-electron chi connectivity index (χ1n) is 12.0. The fraction of sp³-hybridized carbons (Fsp3) is 0.200. The number of nitrogens with one attached hydrogen (secondary N) is 1. The highest BCUT2D eigenvalue weighted by Gasteiger charge is 2.47. The summed E-state index contributed by atoms with van der Waals surface area (Å²) < 4.78 is 11.1. The second-order valence-corrected chi connectivity index (χ2v) is 9.08. The lowest BCUT2D eigenvalue weighted by Gasteiger charge is -2.27. The molecule has 1 aromatic heterocycles. The van der Waals surface area contributed by atoms with Gasteiger partial charge in [-0.25, -0.2) is 0 Å². The minimum atomic E-state index is -0.850. The predicted octanol–water partition coefficient (Wildman–Crippen LogP) is 5.16. The Labute approximate surface area is 214 Å². The molecule has 0 unspecified atom stereocenters. The lowest BCUT2D eigenvalue weighted by atomic mass is 9.94. The highest BCUT2D eigenvalue weighted by atomic mass is 16.5. The van der Waals surface area contributed by atoms with E-state index in [-0.39, 0.29) is 17.9 Å². The molecule has 1 aliphatic heterocycles. The third-order valence-electron chi connectivity index (χ3n) is 6.89. The number of hydrogen-bond acceptors (Lipinski definition) is 5. The minimum Gasteiger partial charge on any atom is -0.507 e. The number of hydrogen-bond donors (Lipinski definition) is 2. The number of rotatable bonds is 7. The van der Waals surface area contributed by atoms with E-state index >= 15 is 0 Å². The van der Waals surface area contributed by atoms with E-state index < -0.39 is 17.7 Å². The van der Waals surface area contributed by atoms with E-state index in [0.717, 1.165) is 22.0 Å². The summed E-state index contributed by atoms with van der Waals surface area (Å²) in [5.74, 6) is -0.578. The smallest absolute Gasteiger partial charge is 0.295 e. The van der Waals surface area contributed by atoms with E-state index in [1.165, 1.54) is 12.0 Å². The van der Waals surface area contributed by atoms with Crippen LogP contribution >= 0.6 is 0 Å².